The first-order chi connectivity index (χ1) is 15.9. The van der Waals surface area contributed by atoms with Crippen molar-refractivity contribution in [2.75, 3.05) is 7.05 Å². The van der Waals surface area contributed by atoms with Crippen molar-refractivity contribution in [3.8, 4) is 0 Å². The summed E-state index contributed by atoms with van der Waals surface area (Å²) in [5.41, 5.74) is 5.96. The Kier molecular flexibility index (Phi) is 7.17. The van der Waals surface area contributed by atoms with Crippen molar-refractivity contribution in [1.29, 1.82) is 0 Å². The van der Waals surface area contributed by atoms with E-state index >= 15 is 4.39 Å². The van der Waals surface area contributed by atoms with Crippen LogP contribution in [0.1, 0.15) is 54.5 Å². The van der Waals surface area contributed by atoms with Crippen LogP contribution in [0.25, 0.3) is 6.08 Å². The summed E-state index contributed by atoms with van der Waals surface area (Å²) in [5.74, 6) is -0.367. The Morgan fingerprint density at radius 3 is 2.55 bits per heavy atom. The molecule has 170 valence electrons. The quantitative estimate of drug-likeness (QED) is 0.241. The number of hydrogen-bond acceptors (Lipinski definition) is 3. The summed E-state index contributed by atoms with van der Waals surface area (Å²) in [6.07, 6.45) is 4.57. The van der Waals surface area contributed by atoms with E-state index in [0.29, 0.717) is 19.9 Å². The highest BCUT2D eigenvalue weighted by Gasteiger charge is 2.32. The molecule has 0 N–H and O–H groups in total. The Bertz CT molecular complexity index is 1170. The summed E-state index contributed by atoms with van der Waals surface area (Å²) in [4.78, 5) is 8.76. The van der Waals surface area contributed by atoms with Crippen LogP contribution in [-0.4, -0.2) is 29.2 Å². The molecule has 0 radical (unpaired) electrons. The van der Waals surface area contributed by atoms with E-state index in [1.165, 1.54) is 5.56 Å². The monoisotopic (exact) mass is 460 g/mol. The van der Waals surface area contributed by atoms with E-state index in [1.807, 2.05) is 36.4 Å². The number of benzene rings is 2. The smallest absolute Gasteiger partial charge is 0.222 e. The Labute approximate surface area is 197 Å². The molecule has 4 rings (SSSR count). The molecule has 1 aliphatic heterocycles. The van der Waals surface area contributed by atoms with Crippen LogP contribution in [-0.2, 0) is 11.2 Å². The maximum atomic E-state index is 15.2. The molecular weight excluding hydrogens is 430 g/mol. The summed E-state index contributed by atoms with van der Waals surface area (Å²) in [5, 5.41) is 0. The molecule has 0 saturated carbocycles. The van der Waals surface area contributed by atoms with E-state index < -0.39 is 5.95 Å². The number of pyridine rings is 1. The second kappa shape index (κ2) is 10.1. The molecule has 3 nitrogen and oxygen atoms in total. The van der Waals surface area contributed by atoms with E-state index in [1.54, 1.807) is 7.05 Å². The number of ether oxygens (including phenoxy) is 1. The molecule has 0 aliphatic carbocycles. The van der Waals surface area contributed by atoms with Crippen molar-refractivity contribution in [3.63, 3.8) is 0 Å². The van der Waals surface area contributed by atoms with Gasteiger partial charge in [-0.2, -0.15) is 4.39 Å². The summed E-state index contributed by atoms with van der Waals surface area (Å²) >= 11 is 0. The van der Waals surface area contributed by atoms with Crippen molar-refractivity contribution < 1.29 is 9.13 Å². The SMILES string of the molecule is C=Cc1ccc(Cc2ccccc2/C(=N\C)c2ccc(PC3CCC(C)(C)O3)nc2F)cc1. The highest BCUT2D eigenvalue weighted by atomic mass is 31.1. The molecule has 0 bridgehead atoms. The number of aromatic nitrogens is 1. The Morgan fingerprint density at radius 2 is 1.91 bits per heavy atom. The van der Waals surface area contributed by atoms with Crippen molar-refractivity contribution in [3.05, 3.63) is 101 Å². The third kappa shape index (κ3) is 5.63. The lowest BCUT2D eigenvalue weighted by Crippen LogP contribution is -2.20. The lowest BCUT2D eigenvalue weighted by Gasteiger charge is -2.19. The summed E-state index contributed by atoms with van der Waals surface area (Å²) in [7, 11) is 2.04. The maximum Gasteiger partial charge on any atom is 0.222 e. The van der Waals surface area contributed by atoms with Crippen molar-refractivity contribution in [2.45, 2.75) is 44.6 Å². The molecule has 1 aliphatic rings. The van der Waals surface area contributed by atoms with Gasteiger partial charge in [0.2, 0.25) is 5.95 Å². The maximum absolute atomic E-state index is 15.2. The molecule has 1 saturated heterocycles. The molecule has 1 aromatic heterocycles. The third-order valence-corrected chi connectivity index (χ3v) is 7.29. The van der Waals surface area contributed by atoms with Crippen LogP contribution in [0.5, 0.6) is 0 Å². The van der Waals surface area contributed by atoms with Gasteiger partial charge in [-0.15, -0.1) is 0 Å². The molecule has 2 unspecified atom stereocenters. The minimum absolute atomic E-state index is 0.103. The van der Waals surface area contributed by atoms with Gasteiger partial charge >= 0.3 is 0 Å². The van der Waals surface area contributed by atoms with Crippen LogP contribution < -0.4 is 5.44 Å². The molecular formula is C28H30FN2OP. The van der Waals surface area contributed by atoms with E-state index in [0.717, 1.165) is 41.4 Å². The van der Waals surface area contributed by atoms with Gasteiger partial charge in [-0.25, -0.2) is 4.98 Å². The molecule has 33 heavy (non-hydrogen) atoms. The average Bonchev–Trinajstić information content (AvgIpc) is 3.15. The van der Waals surface area contributed by atoms with Crippen LogP contribution in [0.4, 0.5) is 4.39 Å². The highest BCUT2D eigenvalue weighted by Crippen LogP contribution is 2.37. The first-order valence-corrected chi connectivity index (χ1v) is 12.3. The van der Waals surface area contributed by atoms with Crippen LogP contribution in [0.3, 0.4) is 0 Å². The number of hydrogen-bond donors (Lipinski definition) is 0. The molecule has 2 atom stereocenters. The van der Waals surface area contributed by atoms with E-state index in [4.69, 9.17) is 4.74 Å². The second-order valence-electron chi connectivity index (χ2n) is 8.94. The molecule has 0 spiro atoms. The van der Waals surface area contributed by atoms with E-state index in [2.05, 4.69) is 60.7 Å². The summed E-state index contributed by atoms with van der Waals surface area (Å²) < 4.78 is 21.3. The predicted molar refractivity (Wildman–Crippen MR) is 138 cm³/mol. The predicted octanol–water partition coefficient (Wildman–Crippen LogP) is 6.14. The lowest BCUT2D eigenvalue weighted by molar-refractivity contribution is 0.0208. The molecule has 2 aromatic carbocycles. The molecule has 3 aromatic rings. The van der Waals surface area contributed by atoms with E-state index in [9.17, 15) is 0 Å². The Morgan fingerprint density at radius 1 is 1.15 bits per heavy atom. The number of nitrogens with zero attached hydrogens (tertiary/aromatic N) is 2. The number of aliphatic imine (C=N–C) groups is 1. The van der Waals surface area contributed by atoms with E-state index in [-0.39, 0.29) is 11.4 Å². The fourth-order valence-corrected chi connectivity index (χ4v) is 5.56. The van der Waals surface area contributed by atoms with Crippen molar-refractivity contribution in [1.82, 2.24) is 4.98 Å². The number of halogens is 1. The lowest BCUT2D eigenvalue weighted by atomic mass is 9.93. The fourth-order valence-electron chi connectivity index (χ4n) is 4.22. The fraction of sp³-hybridized carbons (Fsp3) is 0.286. The van der Waals surface area contributed by atoms with Gasteiger partial charge in [-0.1, -0.05) is 61.2 Å². The van der Waals surface area contributed by atoms with Gasteiger partial charge in [-0.3, -0.25) is 4.99 Å². The molecule has 2 heterocycles. The first kappa shape index (κ1) is 23.5. The topological polar surface area (TPSA) is 34.5 Å². The minimum atomic E-state index is -0.483. The van der Waals surface area contributed by atoms with Gasteiger partial charge in [-0.05, 0) is 70.5 Å². The first-order valence-electron chi connectivity index (χ1n) is 11.3. The second-order valence-corrected chi connectivity index (χ2v) is 10.4. The molecule has 0 amide bonds. The zero-order valence-electron chi connectivity index (χ0n) is 19.4. The highest BCUT2D eigenvalue weighted by molar-refractivity contribution is 7.47. The average molecular weight is 461 g/mol. The Hall–Kier alpha value is -2.68. The largest absolute Gasteiger partial charge is 0.368 e. The van der Waals surface area contributed by atoms with Gasteiger partial charge in [0.15, 0.2) is 0 Å². The van der Waals surface area contributed by atoms with Gasteiger partial charge < -0.3 is 4.74 Å². The number of rotatable bonds is 7. The minimum Gasteiger partial charge on any atom is -0.368 e. The molecule has 1 fully saturated rings. The van der Waals surface area contributed by atoms with Gasteiger partial charge in [0.25, 0.3) is 0 Å². The zero-order valence-corrected chi connectivity index (χ0v) is 20.4. The van der Waals surface area contributed by atoms with Gasteiger partial charge in [0.05, 0.1) is 28.2 Å². The third-order valence-electron chi connectivity index (χ3n) is 5.99. The van der Waals surface area contributed by atoms with Crippen LogP contribution in [0.15, 0.2) is 72.2 Å². The van der Waals surface area contributed by atoms with Gasteiger partial charge in [0, 0.05) is 12.6 Å². The summed E-state index contributed by atoms with van der Waals surface area (Å²) in [6, 6.07) is 20.1. The zero-order chi connectivity index (χ0) is 23.4. The van der Waals surface area contributed by atoms with Crippen molar-refractivity contribution in [2.24, 2.45) is 4.99 Å². The Balaban J connectivity index is 1.58. The molecule has 5 heteroatoms. The van der Waals surface area contributed by atoms with Crippen LogP contribution >= 0.6 is 8.58 Å². The summed E-state index contributed by atoms with van der Waals surface area (Å²) in [6.45, 7) is 8.01. The van der Waals surface area contributed by atoms with Gasteiger partial charge in [0.1, 0.15) is 0 Å². The normalized spacial score (nSPS) is 18.2. The standard InChI is InChI=1S/C28H30FN2OP/c1-5-19-10-12-20(13-11-19)18-21-8-6-7-9-22(21)26(30-4)23-14-15-24(31-27(23)29)33-25-16-17-28(2,3)32-25/h5-15,25,33H,1,16-18H2,2-4H3/b30-26+. The van der Waals surface area contributed by atoms with Crippen LogP contribution in [0, 0.1) is 5.95 Å². The van der Waals surface area contributed by atoms with Crippen LogP contribution in [0.2, 0.25) is 0 Å². The van der Waals surface area contributed by atoms with Crippen molar-refractivity contribution >= 4 is 25.8 Å².